The third-order valence-electron chi connectivity index (χ3n) is 4.66. The summed E-state index contributed by atoms with van der Waals surface area (Å²) in [6, 6.07) is 5.43. The molecule has 1 aliphatic heterocycles. The number of aromatic nitrogens is 3. The molecular weight excluding hydrogens is 344 g/mol. The number of rotatable bonds is 8. The fourth-order valence-corrected chi connectivity index (χ4v) is 3.42. The molecule has 8 heteroatoms. The van der Waals surface area contributed by atoms with Gasteiger partial charge in [-0.1, -0.05) is 6.07 Å². The van der Waals surface area contributed by atoms with Crippen molar-refractivity contribution in [1.82, 2.24) is 30.3 Å². The molecule has 2 N–H and O–H groups in total. The van der Waals surface area contributed by atoms with Crippen LogP contribution in [0.5, 0.6) is 0 Å². The highest BCUT2D eigenvalue weighted by Gasteiger charge is 2.37. The van der Waals surface area contributed by atoms with Crippen molar-refractivity contribution in [2.24, 2.45) is 0 Å². The third kappa shape index (κ3) is 5.37. The number of carbonyl (C=O) groups is 2. The van der Waals surface area contributed by atoms with Crippen LogP contribution in [0.3, 0.4) is 0 Å². The molecule has 0 aromatic carbocycles. The minimum Gasteiger partial charge on any atom is -0.355 e. The number of likely N-dealkylation sites (N-methyl/N-ethyl adjacent to an activating group) is 1. The largest absolute Gasteiger partial charge is 0.355 e. The maximum Gasteiger partial charge on any atom is 0.237 e. The predicted molar refractivity (Wildman–Crippen MR) is 101 cm³/mol. The van der Waals surface area contributed by atoms with E-state index in [1.54, 1.807) is 17.1 Å². The normalized spacial score (nSPS) is 19.7. The molecule has 0 unspecified atom stereocenters. The van der Waals surface area contributed by atoms with E-state index in [4.69, 9.17) is 0 Å². The molecule has 0 aliphatic carbocycles. The second-order valence-corrected chi connectivity index (χ2v) is 6.72. The maximum atomic E-state index is 12.5. The first-order valence-corrected chi connectivity index (χ1v) is 9.33. The van der Waals surface area contributed by atoms with Crippen LogP contribution in [0.1, 0.15) is 25.3 Å². The van der Waals surface area contributed by atoms with E-state index in [1.807, 2.05) is 37.5 Å². The minimum absolute atomic E-state index is 0.00896. The van der Waals surface area contributed by atoms with E-state index in [0.717, 1.165) is 5.56 Å². The zero-order chi connectivity index (χ0) is 19.1. The molecule has 3 heterocycles. The number of likely N-dealkylation sites (tertiary alicyclic amines) is 1. The Morgan fingerprint density at radius 1 is 1.30 bits per heavy atom. The van der Waals surface area contributed by atoms with E-state index in [9.17, 15) is 9.59 Å². The highest BCUT2D eigenvalue weighted by Crippen LogP contribution is 2.21. The molecule has 0 spiro atoms. The highest BCUT2D eigenvalue weighted by molar-refractivity contribution is 5.82. The standard InChI is InChI=1S/C19H26N6O2/c1-2-21-19(27)17-11-16(14-24(17)13-15-5-3-7-20-12-15)23-18(26)6-10-25-9-4-8-22-25/h3-5,7-9,12,16-17H,2,6,10-11,13-14H2,1H3,(H,21,27)(H,23,26)/t16-,17-/m0/s1. The second kappa shape index (κ2) is 9.27. The smallest absolute Gasteiger partial charge is 0.237 e. The van der Waals surface area contributed by atoms with Crippen LogP contribution in [0, 0.1) is 0 Å². The Bertz CT molecular complexity index is 734. The molecule has 1 aliphatic rings. The summed E-state index contributed by atoms with van der Waals surface area (Å²) in [6.45, 7) is 4.33. The number of aryl methyl sites for hydroxylation is 1. The number of nitrogens with zero attached hydrogens (tertiary/aromatic N) is 4. The zero-order valence-corrected chi connectivity index (χ0v) is 15.5. The SMILES string of the molecule is CCNC(=O)[C@@H]1C[C@H](NC(=O)CCn2cccn2)CN1Cc1cccnc1. The molecule has 2 amide bonds. The summed E-state index contributed by atoms with van der Waals surface area (Å²) < 4.78 is 1.74. The Morgan fingerprint density at radius 2 is 2.19 bits per heavy atom. The molecule has 0 radical (unpaired) electrons. The molecule has 8 nitrogen and oxygen atoms in total. The predicted octanol–water partition coefficient (Wildman–Crippen LogP) is 0.564. The summed E-state index contributed by atoms with van der Waals surface area (Å²) >= 11 is 0. The van der Waals surface area contributed by atoms with E-state index in [-0.39, 0.29) is 23.9 Å². The first kappa shape index (κ1) is 19.0. The van der Waals surface area contributed by atoms with Crippen molar-refractivity contribution in [1.29, 1.82) is 0 Å². The van der Waals surface area contributed by atoms with Gasteiger partial charge < -0.3 is 10.6 Å². The number of pyridine rings is 1. The van der Waals surface area contributed by atoms with Gasteiger partial charge in [0.2, 0.25) is 11.8 Å². The quantitative estimate of drug-likeness (QED) is 0.709. The summed E-state index contributed by atoms with van der Waals surface area (Å²) in [5.74, 6) is -0.0111. The molecule has 0 bridgehead atoms. The van der Waals surface area contributed by atoms with Crippen molar-refractivity contribution in [2.45, 2.75) is 44.9 Å². The minimum atomic E-state index is -0.249. The molecule has 2 atom stereocenters. The molecule has 144 valence electrons. The van der Waals surface area contributed by atoms with Crippen molar-refractivity contribution < 1.29 is 9.59 Å². The molecule has 1 fully saturated rings. The lowest BCUT2D eigenvalue weighted by Crippen LogP contribution is -2.42. The van der Waals surface area contributed by atoms with Crippen molar-refractivity contribution in [3.05, 3.63) is 48.5 Å². The molecule has 3 rings (SSSR count). The van der Waals surface area contributed by atoms with E-state index in [2.05, 4.69) is 25.6 Å². The Morgan fingerprint density at radius 3 is 2.89 bits per heavy atom. The Labute approximate surface area is 159 Å². The lowest BCUT2D eigenvalue weighted by atomic mass is 10.1. The second-order valence-electron chi connectivity index (χ2n) is 6.72. The lowest BCUT2D eigenvalue weighted by molar-refractivity contribution is -0.125. The van der Waals surface area contributed by atoms with Gasteiger partial charge in [-0.05, 0) is 31.0 Å². The summed E-state index contributed by atoms with van der Waals surface area (Å²) in [4.78, 5) is 31.0. The first-order valence-electron chi connectivity index (χ1n) is 9.33. The van der Waals surface area contributed by atoms with E-state index in [1.165, 1.54) is 0 Å². The van der Waals surface area contributed by atoms with Crippen LogP contribution in [0.4, 0.5) is 0 Å². The average molecular weight is 370 g/mol. The van der Waals surface area contributed by atoms with Crippen molar-refractivity contribution in [3.63, 3.8) is 0 Å². The fraction of sp³-hybridized carbons (Fsp3) is 0.474. The molecular formula is C19H26N6O2. The highest BCUT2D eigenvalue weighted by atomic mass is 16.2. The monoisotopic (exact) mass is 370 g/mol. The van der Waals surface area contributed by atoms with E-state index in [0.29, 0.717) is 39.0 Å². The van der Waals surface area contributed by atoms with Crippen LogP contribution in [-0.2, 0) is 22.7 Å². The summed E-state index contributed by atoms with van der Waals surface area (Å²) in [7, 11) is 0. The topological polar surface area (TPSA) is 92.2 Å². The maximum absolute atomic E-state index is 12.5. The number of amides is 2. The van der Waals surface area contributed by atoms with Gasteiger partial charge >= 0.3 is 0 Å². The summed E-state index contributed by atoms with van der Waals surface area (Å²) in [6.07, 6.45) is 8.06. The lowest BCUT2D eigenvalue weighted by Gasteiger charge is -2.23. The van der Waals surface area contributed by atoms with Gasteiger partial charge in [-0.3, -0.25) is 24.2 Å². The summed E-state index contributed by atoms with van der Waals surface area (Å²) in [5, 5.41) is 10.1. The van der Waals surface area contributed by atoms with Gasteiger partial charge in [0.05, 0.1) is 6.04 Å². The molecule has 2 aromatic rings. The van der Waals surface area contributed by atoms with Gasteiger partial charge in [-0.15, -0.1) is 0 Å². The number of hydrogen-bond donors (Lipinski definition) is 2. The van der Waals surface area contributed by atoms with Gasteiger partial charge in [0.15, 0.2) is 0 Å². The summed E-state index contributed by atoms with van der Waals surface area (Å²) in [5.41, 5.74) is 1.05. The van der Waals surface area contributed by atoms with Gasteiger partial charge in [0, 0.05) is 63.4 Å². The molecule has 0 saturated carbocycles. The van der Waals surface area contributed by atoms with Crippen molar-refractivity contribution in [2.75, 3.05) is 13.1 Å². The average Bonchev–Trinajstić information content (AvgIpc) is 3.31. The Hall–Kier alpha value is -2.74. The van der Waals surface area contributed by atoms with Crippen LogP contribution in [0.25, 0.3) is 0 Å². The molecule has 27 heavy (non-hydrogen) atoms. The third-order valence-corrected chi connectivity index (χ3v) is 4.66. The molecule has 2 aromatic heterocycles. The van der Waals surface area contributed by atoms with Gasteiger partial charge in [0.1, 0.15) is 0 Å². The van der Waals surface area contributed by atoms with Crippen LogP contribution < -0.4 is 10.6 Å². The number of hydrogen-bond acceptors (Lipinski definition) is 5. The van der Waals surface area contributed by atoms with Crippen molar-refractivity contribution in [3.8, 4) is 0 Å². The molecule has 1 saturated heterocycles. The number of carbonyl (C=O) groups excluding carboxylic acids is 2. The van der Waals surface area contributed by atoms with Crippen LogP contribution >= 0.6 is 0 Å². The fourth-order valence-electron chi connectivity index (χ4n) is 3.42. The van der Waals surface area contributed by atoms with Gasteiger partial charge in [-0.2, -0.15) is 5.10 Å². The van der Waals surface area contributed by atoms with E-state index < -0.39 is 0 Å². The first-order chi connectivity index (χ1) is 13.2. The van der Waals surface area contributed by atoms with Gasteiger partial charge in [0.25, 0.3) is 0 Å². The Balaban J connectivity index is 1.57. The van der Waals surface area contributed by atoms with Crippen LogP contribution in [-0.4, -0.2) is 56.7 Å². The van der Waals surface area contributed by atoms with Crippen LogP contribution in [0.2, 0.25) is 0 Å². The Kier molecular flexibility index (Phi) is 6.54. The van der Waals surface area contributed by atoms with Crippen molar-refractivity contribution >= 4 is 11.8 Å². The zero-order valence-electron chi connectivity index (χ0n) is 15.5. The van der Waals surface area contributed by atoms with Gasteiger partial charge in [-0.25, -0.2) is 0 Å². The van der Waals surface area contributed by atoms with E-state index >= 15 is 0 Å². The number of nitrogens with one attached hydrogen (secondary N) is 2. The van der Waals surface area contributed by atoms with Crippen LogP contribution in [0.15, 0.2) is 43.0 Å².